The molecule has 1 aliphatic rings. The maximum atomic E-state index is 13.5. The number of hydrogen-bond acceptors (Lipinski definition) is 4. The molecule has 2 aromatic carbocycles. The third kappa shape index (κ3) is 5.41. The highest BCUT2D eigenvalue weighted by Gasteiger charge is 2.25. The van der Waals surface area contributed by atoms with Gasteiger partial charge in [-0.1, -0.05) is 48.5 Å². The van der Waals surface area contributed by atoms with Crippen LogP contribution in [0.25, 0.3) is 10.9 Å². The van der Waals surface area contributed by atoms with Crippen molar-refractivity contribution in [3.63, 3.8) is 0 Å². The molecule has 7 heteroatoms. The van der Waals surface area contributed by atoms with E-state index in [0.29, 0.717) is 39.3 Å². The molecule has 0 unspecified atom stereocenters. The second-order valence-corrected chi connectivity index (χ2v) is 8.87. The molecule has 1 fully saturated rings. The molecule has 3 heterocycles. The lowest BCUT2D eigenvalue weighted by Crippen LogP contribution is -2.51. The fraction of sp³-hybridized carbons (Fsp3) is 0.250. The highest BCUT2D eigenvalue weighted by atomic mass is 16.2. The van der Waals surface area contributed by atoms with Crippen LogP contribution in [-0.2, 0) is 17.9 Å². The van der Waals surface area contributed by atoms with E-state index in [1.807, 2.05) is 59.6 Å². The molecule has 0 aliphatic carbocycles. The minimum atomic E-state index is -0.00873. The molecule has 4 aromatic rings. The van der Waals surface area contributed by atoms with Gasteiger partial charge in [0.25, 0.3) is 5.91 Å². The minimum absolute atomic E-state index is 0.00873. The maximum absolute atomic E-state index is 13.5. The zero-order valence-electron chi connectivity index (χ0n) is 19.6. The summed E-state index contributed by atoms with van der Waals surface area (Å²) in [4.78, 5) is 33.8. The smallest absolute Gasteiger partial charge is 0.256 e. The van der Waals surface area contributed by atoms with Gasteiger partial charge >= 0.3 is 0 Å². The number of aromatic nitrogens is 2. The molecule has 35 heavy (non-hydrogen) atoms. The fourth-order valence-electron chi connectivity index (χ4n) is 4.57. The summed E-state index contributed by atoms with van der Waals surface area (Å²) in [6.07, 6.45) is 5.42. The van der Waals surface area contributed by atoms with Crippen molar-refractivity contribution in [3.8, 4) is 0 Å². The largest absolute Gasteiger partial charge is 0.351 e. The Bertz CT molecular complexity index is 1290. The summed E-state index contributed by atoms with van der Waals surface area (Å²) in [5.41, 5.74) is 4.02. The maximum Gasteiger partial charge on any atom is 0.256 e. The Morgan fingerprint density at radius 2 is 1.54 bits per heavy atom. The summed E-state index contributed by atoms with van der Waals surface area (Å²) in [7, 11) is 0. The van der Waals surface area contributed by atoms with Gasteiger partial charge in [-0.05, 0) is 29.3 Å². The number of para-hydroxylation sites is 1. The first kappa shape index (κ1) is 22.8. The van der Waals surface area contributed by atoms with Crippen LogP contribution in [0.4, 0.5) is 0 Å². The van der Waals surface area contributed by atoms with Crippen molar-refractivity contribution in [2.75, 3.05) is 32.7 Å². The Morgan fingerprint density at radius 1 is 0.829 bits per heavy atom. The standard InChI is InChI=1S/C28H29N5O2/c34-27(30-18-22-10-12-29-13-11-22)21-31-14-16-32(17-15-31)28(35)25-20-33(19-23-6-2-1-3-7-23)26-9-5-4-8-24(25)26/h1-13,20H,14-19,21H2,(H,30,34). The molecule has 1 N–H and O–H groups in total. The average molecular weight is 468 g/mol. The predicted octanol–water partition coefficient (Wildman–Crippen LogP) is 3.16. The third-order valence-electron chi connectivity index (χ3n) is 6.48. The topological polar surface area (TPSA) is 70.5 Å². The lowest BCUT2D eigenvalue weighted by Gasteiger charge is -2.34. The molecule has 2 amide bonds. The van der Waals surface area contributed by atoms with Crippen molar-refractivity contribution in [1.82, 2.24) is 24.7 Å². The van der Waals surface area contributed by atoms with Gasteiger partial charge in [0, 0.05) is 68.8 Å². The van der Waals surface area contributed by atoms with E-state index in [-0.39, 0.29) is 11.8 Å². The van der Waals surface area contributed by atoms with Gasteiger partial charge in [0.1, 0.15) is 0 Å². The Kier molecular flexibility index (Phi) is 6.86. The fourth-order valence-corrected chi connectivity index (χ4v) is 4.57. The molecule has 0 radical (unpaired) electrons. The number of hydrogen-bond donors (Lipinski definition) is 1. The second-order valence-electron chi connectivity index (χ2n) is 8.87. The third-order valence-corrected chi connectivity index (χ3v) is 6.48. The van der Waals surface area contributed by atoms with Gasteiger partial charge in [-0.15, -0.1) is 0 Å². The highest BCUT2D eigenvalue weighted by molar-refractivity contribution is 6.07. The van der Waals surface area contributed by atoms with E-state index in [1.54, 1.807) is 12.4 Å². The molecule has 0 atom stereocenters. The number of nitrogens with zero attached hydrogens (tertiary/aromatic N) is 4. The zero-order valence-corrected chi connectivity index (χ0v) is 19.6. The summed E-state index contributed by atoms with van der Waals surface area (Å²) >= 11 is 0. The van der Waals surface area contributed by atoms with Gasteiger partial charge in [0.05, 0.1) is 12.1 Å². The van der Waals surface area contributed by atoms with E-state index < -0.39 is 0 Å². The Hall–Kier alpha value is -3.97. The summed E-state index contributed by atoms with van der Waals surface area (Å²) in [6, 6.07) is 22.1. The predicted molar refractivity (Wildman–Crippen MR) is 136 cm³/mol. The summed E-state index contributed by atoms with van der Waals surface area (Å²) in [6.45, 7) is 4.12. The van der Waals surface area contributed by atoms with Gasteiger partial charge in [-0.3, -0.25) is 19.5 Å². The first-order valence-electron chi connectivity index (χ1n) is 12.0. The van der Waals surface area contributed by atoms with E-state index >= 15 is 0 Å². The molecule has 5 rings (SSSR count). The Labute approximate surface area is 205 Å². The van der Waals surface area contributed by atoms with E-state index in [1.165, 1.54) is 5.56 Å². The van der Waals surface area contributed by atoms with Crippen molar-refractivity contribution in [3.05, 3.63) is 102 Å². The SMILES string of the molecule is O=C(CN1CCN(C(=O)c2cn(Cc3ccccc3)c3ccccc23)CC1)NCc1ccncc1. The molecule has 7 nitrogen and oxygen atoms in total. The lowest BCUT2D eigenvalue weighted by molar-refractivity contribution is -0.122. The first-order valence-corrected chi connectivity index (χ1v) is 12.0. The normalized spacial score (nSPS) is 14.2. The van der Waals surface area contributed by atoms with Gasteiger partial charge in [0.2, 0.25) is 5.91 Å². The molecule has 0 spiro atoms. The average Bonchev–Trinajstić information content (AvgIpc) is 3.27. The van der Waals surface area contributed by atoms with Crippen LogP contribution in [0.1, 0.15) is 21.5 Å². The first-order chi connectivity index (χ1) is 17.2. The van der Waals surface area contributed by atoms with Crippen LogP contribution in [0.3, 0.4) is 0 Å². The van der Waals surface area contributed by atoms with Crippen molar-refractivity contribution in [2.24, 2.45) is 0 Å². The zero-order chi connectivity index (χ0) is 24.0. The Balaban J connectivity index is 1.20. The van der Waals surface area contributed by atoms with Crippen molar-refractivity contribution < 1.29 is 9.59 Å². The molecule has 1 aliphatic heterocycles. The van der Waals surface area contributed by atoms with Crippen molar-refractivity contribution in [1.29, 1.82) is 0 Å². The monoisotopic (exact) mass is 467 g/mol. The van der Waals surface area contributed by atoms with Crippen LogP contribution < -0.4 is 5.32 Å². The summed E-state index contributed by atoms with van der Waals surface area (Å²) in [5.74, 6) is 0.0420. The van der Waals surface area contributed by atoms with Crippen molar-refractivity contribution in [2.45, 2.75) is 13.1 Å². The van der Waals surface area contributed by atoms with Crippen LogP contribution in [-0.4, -0.2) is 63.9 Å². The number of carbonyl (C=O) groups excluding carboxylic acids is 2. The van der Waals surface area contributed by atoms with Gasteiger partial charge < -0.3 is 14.8 Å². The van der Waals surface area contributed by atoms with Crippen molar-refractivity contribution >= 4 is 22.7 Å². The second kappa shape index (κ2) is 10.5. The van der Waals surface area contributed by atoms with E-state index in [2.05, 4.69) is 38.0 Å². The lowest BCUT2D eigenvalue weighted by atomic mass is 10.1. The van der Waals surface area contributed by atoms with Gasteiger partial charge in [-0.2, -0.15) is 0 Å². The minimum Gasteiger partial charge on any atom is -0.351 e. The molecule has 1 saturated heterocycles. The van der Waals surface area contributed by atoms with E-state index in [4.69, 9.17) is 0 Å². The number of piperazine rings is 1. The summed E-state index contributed by atoms with van der Waals surface area (Å²) in [5, 5.41) is 3.94. The quantitative estimate of drug-likeness (QED) is 0.453. The molecule has 0 saturated carbocycles. The van der Waals surface area contributed by atoms with Gasteiger partial charge in [-0.25, -0.2) is 0 Å². The van der Waals surface area contributed by atoms with Crippen LogP contribution in [0.2, 0.25) is 0 Å². The number of nitrogens with one attached hydrogen (secondary N) is 1. The number of rotatable bonds is 7. The number of fused-ring (bicyclic) bond motifs is 1. The van der Waals surface area contributed by atoms with E-state index in [0.717, 1.165) is 28.6 Å². The number of amides is 2. The van der Waals surface area contributed by atoms with Crippen LogP contribution in [0.15, 0.2) is 85.3 Å². The van der Waals surface area contributed by atoms with Crippen LogP contribution in [0, 0.1) is 0 Å². The molecular formula is C28H29N5O2. The highest BCUT2D eigenvalue weighted by Crippen LogP contribution is 2.24. The molecular weight excluding hydrogens is 438 g/mol. The number of benzene rings is 2. The molecule has 0 bridgehead atoms. The number of pyridine rings is 1. The van der Waals surface area contributed by atoms with Crippen LogP contribution >= 0.6 is 0 Å². The van der Waals surface area contributed by atoms with Crippen LogP contribution in [0.5, 0.6) is 0 Å². The summed E-state index contributed by atoms with van der Waals surface area (Å²) < 4.78 is 2.15. The molecule has 2 aromatic heterocycles. The van der Waals surface area contributed by atoms with Gasteiger partial charge in [0.15, 0.2) is 0 Å². The Morgan fingerprint density at radius 3 is 2.31 bits per heavy atom. The van der Waals surface area contributed by atoms with E-state index in [9.17, 15) is 9.59 Å². The molecule has 178 valence electrons. The number of carbonyl (C=O) groups is 2.